The summed E-state index contributed by atoms with van der Waals surface area (Å²) in [6, 6.07) is 14.9. The maximum atomic E-state index is 12.4. The van der Waals surface area contributed by atoms with Crippen molar-refractivity contribution >= 4 is 11.6 Å². The fourth-order valence-corrected chi connectivity index (χ4v) is 2.00. The van der Waals surface area contributed by atoms with Crippen molar-refractivity contribution in [3.8, 4) is 5.75 Å². The van der Waals surface area contributed by atoms with E-state index in [0.29, 0.717) is 17.9 Å². The molecule has 2 aromatic carbocycles. The Morgan fingerprint density at radius 1 is 1.29 bits per heavy atom. The summed E-state index contributed by atoms with van der Waals surface area (Å²) >= 11 is 0. The van der Waals surface area contributed by atoms with Crippen LogP contribution in [-0.2, 0) is 4.74 Å². The minimum atomic E-state index is -0.173. The van der Waals surface area contributed by atoms with E-state index in [-0.39, 0.29) is 12.0 Å². The number of para-hydroxylation sites is 1. The monoisotopic (exact) mass is 283 g/mol. The number of nitrogens with one attached hydrogen (secondary N) is 1. The van der Waals surface area contributed by atoms with Gasteiger partial charge in [-0.3, -0.25) is 4.79 Å². The largest absolute Gasteiger partial charge is 0.490 e. The number of aryl methyl sites for hydroxylation is 1. The van der Waals surface area contributed by atoms with Gasteiger partial charge in [-0.25, -0.2) is 0 Å². The zero-order chi connectivity index (χ0) is 14.7. The third-order valence-electron chi connectivity index (χ3n) is 3.24. The summed E-state index contributed by atoms with van der Waals surface area (Å²) in [6.07, 6.45) is 0.163. The van der Waals surface area contributed by atoms with E-state index < -0.39 is 0 Å². The van der Waals surface area contributed by atoms with Gasteiger partial charge in [0.1, 0.15) is 18.5 Å². The first kappa shape index (κ1) is 13.6. The number of epoxide rings is 1. The molecule has 0 radical (unpaired) electrons. The van der Waals surface area contributed by atoms with Crippen molar-refractivity contribution in [1.29, 1.82) is 0 Å². The third-order valence-corrected chi connectivity index (χ3v) is 3.24. The Morgan fingerprint density at radius 3 is 2.76 bits per heavy atom. The molecule has 1 fully saturated rings. The van der Waals surface area contributed by atoms with Crippen LogP contribution in [0.4, 0.5) is 5.69 Å². The Balaban J connectivity index is 1.77. The van der Waals surface area contributed by atoms with Crippen molar-refractivity contribution in [3.63, 3.8) is 0 Å². The maximum Gasteiger partial charge on any atom is 0.259 e. The van der Waals surface area contributed by atoms with E-state index in [2.05, 4.69) is 5.32 Å². The molecule has 0 saturated carbocycles. The number of anilines is 1. The van der Waals surface area contributed by atoms with Crippen LogP contribution in [0.15, 0.2) is 48.5 Å². The van der Waals surface area contributed by atoms with Crippen LogP contribution in [0.5, 0.6) is 5.75 Å². The fraction of sp³-hybridized carbons (Fsp3) is 0.235. The summed E-state index contributed by atoms with van der Waals surface area (Å²) in [4.78, 5) is 12.4. The lowest BCUT2D eigenvalue weighted by Crippen LogP contribution is -2.15. The molecule has 3 rings (SSSR count). The van der Waals surface area contributed by atoms with Crippen LogP contribution < -0.4 is 10.1 Å². The molecular weight excluding hydrogens is 266 g/mol. The van der Waals surface area contributed by atoms with Crippen LogP contribution >= 0.6 is 0 Å². The molecule has 1 N–H and O–H groups in total. The van der Waals surface area contributed by atoms with Crippen molar-refractivity contribution in [2.45, 2.75) is 13.0 Å². The molecule has 4 heteroatoms. The zero-order valence-corrected chi connectivity index (χ0v) is 11.8. The molecule has 2 aromatic rings. The van der Waals surface area contributed by atoms with Gasteiger partial charge in [0.05, 0.1) is 12.2 Å². The van der Waals surface area contributed by atoms with Crippen LogP contribution in [0.25, 0.3) is 0 Å². The molecule has 1 atom stereocenters. The van der Waals surface area contributed by atoms with Gasteiger partial charge >= 0.3 is 0 Å². The molecule has 1 heterocycles. The molecule has 0 bridgehead atoms. The number of carbonyl (C=O) groups excluding carboxylic acids is 1. The summed E-state index contributed by atoms with van der Waals surface area (Å²) < 4.78 is 10.8. The molecule has 21 heavy (non-hydrogen) atoms. The van der Waals surface area contributed by atoms with Gasteiger partial charge in [-0.05, 0) is 36.8 Å². The lowest BCUT2D eigenvalue weighted by molar-refractivity contribution is 0.102. The van der Waals surface area contributed by atoms with E-state index in [1.54, 1.807) is 6.07 Å². The van der Waals surface area contributed by atoms with Gasteiger partial charge in [0, 0.05) is 5.69 Å². The van der Waals surface area contributed by atoms with Gasteiger partial charge in [-0.15, -0.1) is 0 Å². The number of ether oxygens (including phenoxy) is 2. The van der Waals surface area contributed by atoms with E-state index in [9.17, 15) is 4.79 Å². The first-order valence-corrected chi connectivity index (χ1v) is 6.94. The second kappa shape index (κ2) is 5.97. The van der Waals surface area contributed by atoms with Crippen LogP contribution in [0, 0.1) is 6.92 Å². The number of hydrogen-bond acceptors (Lipinski definition) is 3. The molecular formula is C17H17NO3. The van der Waals surface area contributed by atoms with Gasteiger partial charge in [0.15, 0.2) is 0 Å². The van der Waals surface area contributed by atoms with Crippen molar-refractivity contribution in [2.24, 2.45) is 0 Å². The lowest BCUT2D eigenvalue weighted by Gasteiger charge is -2.12. The smallest absolute Gasteiger partial charge is 0.259 e. The first-order chi connectivity index (χ1) is 10.2. The topological polar surface area (TPSA) is 50.9 Å². The Hall–Kier alpha value is -2.33. The average Bonchev–Trinajstić information content (AvgIpc) is 3.30. The summed E-state index contributed by atoms with van der Waals surface area (Å²) in [7, 11) is 0. The number of rotatable bonds is 5. The van der Waals surface area contributed by atoms with Gasteiger partial charge < -0.3 is 14.8 Å². The minimum Gasteiger partial charge on any atom is -0.490 e. The molecule has 4 nitrogen and oxygen atoms in total. The molecule has 1 saturated heterocycles. The van der Waals surface area contributed by atoms with E-state index >= 15 is 0 Å². The number of benzene rings is 2. The number of amides is 1. The predicted molar refractivity (Wildman–Crippen MR) is 80.8 cm³/mol. The minimum absolute atomic E-state index is 0.163. The van der Waals surface area contributed by atoms with E-state index in [4.69, 9.17) is 9.47 Å². The molecule has 1 aliphatic heterocycles. The summed E-state index contributed by atoms with van der Waals surface area (Å²) in [5, 5.41) is 2.87. The molecule has 0 aliphatic carbocycles. The normalized spacial score (nSPS) is 16.3. The van der Waals surface area contributed by atoms with Crippen LogP contribution in [-0.4, -0.2) is 25.2 Å². The summed E-state index contributed by atoms with van der Waals surface area (Å²) in [5.74, 6) is 0.423. The summed E-state index contributed by atoms with van der Waals surface area (Å²) in [5.41, 5.74) is 2.35. The average molecular weight is 283 g/mol. The highest BCUT2D eigenvalue weighted by molar-refractivity contribution is 6.06. The van der Waals surface area contributed by atoms with E-state index in [1.165, 1.54) is 0 Å². The van der Waals surface area contributed by atoms with Gasteiger partial charge in [0.25, 0.3) is 5.91 Å². The van der Waals surface area contributed by atoms with Gasteiger partial charge in [0.2, 0.25) is 0 Å². The van der Waals surface area contributed by atoms with Gasteiger partial charge in [-0.1, -0.05) is 24.3 Å². The Kier molecular flexibility index (Phi) is 3.88. The van der Waals surface area contributed by atoms with Crippen molar-refractivity contribution in [1.82, 2.24) is 0 Å². The van der Waals surface area contributed by atoms with Crippen LogP contribution in [0.3, 0.4) is 0 Å². The van der Waals surface area contributed by atoms with Crippen LogP contribution in [0.2, 0.25) is 0 Å². The quantitative estimate of drug-likeness (QED) is 0.858. The molecule has 108 valence electrons. The Labute approximate surface area is 123 Å². The second-order valence-electron chi connectivity index (χ2n) is 5.09. The Bertz CT molecular complexity index is 636. The molecule has 0 aromatic heterocycles. The molecule has 1 unspecified atom stereocenters. The lowest BCUT2D eigenvalue weighted by atomic mass is 10.1. The fourth-order valence-electron chi connectivity index (χ4n) is 2.00. The highest BCUT2D eigenvalue weighted by atomic mass is 16.6. The first-order valence-electron chi connectivity index (χ1n) is 6.94. The summed E-state index contributed by atoms with van der Waals surface area (Å²) in [6.45, 7) is 3.19. The SMILES string of the molecule is Cc1ccc(C(=O)Nc2ccccc2)c(OCC2CO2)c1. The van der Waals surface area contributed by atoms with Crippen molar-refractivity contribution in [2.75, 3.05) is 18.5 Å². The predicted octanol–water partition coefficient (Wildman–Crippen LogP) is 3.02. The maximum absolute atomic E-state index is 12.4. The Morgan fingerprint density at radius 2 is 2.05 bits per heavy atom. The van der Waals surface area contributed by atoms with Crippen molar-refractivity contribution in [3.05, 3.63) is 59.7 Å². The number of carbonyl (C=O) groups is 1. The highest BCUT2D eigenvalue weighted by Gasteiger charge is 2.24. The molecule has 1 aliphatic rings. The van der Waals surface area contributed by atoms with Crippen LogP contribution in [0.1, 0.15) is 15.9 Å². The second-order valence-corrected chi connectivity index (χ2v) is 5.09. The number of hydrogen-bond donors (Lipinski definition) is 1. The van der Waals surface area contributed by atoms with Crippen molar-refractivity contribution < 1.29 is 14.3 Å². The molecule has 1 amide bonds. The zero-order valence-electron chi connectivity index (χ0n) is 11.8. The molecule has 0 spiro atoms. The third kappa shape index (κ3) is 3.61. The standard InChI is InChI=1S/C17H17NO3/c1-12-7-8-15(16(9-12)21-11-14-10-20-14)17(19)18-13-5-3-2-4-6-13/h2-9,14H,10-11H2,1H3,(H,18,19). The highest BCUT2D eigenvalue weighted by Crippen LogP contribution is 2.23. The van der Waals surface area contributed by atoms with E-state index in [0.717, 1.165) is 17.9 Å². The van der Waals surface area contributed by atoms with Gasteiger partial charge in [-0.2, -0.15) is 0 Å². The van der Waals surface area contributed by atoms with E-state index in [1.807, 2.05) is 49.4 Å².